The highest BCUT2D eigenvalue weighted by molar-refractivity contribution is 6.67. The van der Waals surface area contributed by atoms with Gasteiger partial charge in [0.05, 0.1) is 5.41 Å². The fourth-order valence-corrected chi connectivity index (χ4v) is 0. The molecule has 0 spiro atoms. The van der Waals surface area contributed by atoms with Crippen molar-refractivity contribution < 1.29 is 57.1 Å². The van der Waals surface area contributed by atoms with E-state index >= 15 is 0 Å². The van der Waals surface area contributed by atoms with Gasteiger partial charge in [0.1, 0.15) is 10.0 Å². The van der Waals surface area contributed by atoms with E-state index < -0.39 is 55.2 Å². The molecule has 0 unspecified atom stereocenters. The van der Waals surface area contributed by atoms with Gasteiger partial charge in [-0.05, 0) is 69.2 Å². The van der Waals surface area contributed by atoms with Crippen molar-refractivity contribution in [3.05, 3.63) is 0 Å². The predicted octanol–water partition coefficient (Wildman–Crippen LogP) is 16.5. The molecule has 0 saturated heterocycles. The second-order valence-corrected chi connectivity index (χ2v) is 17.5. The lowest BCUT2D eigenvalue weighted by molar-refractivity contribution is -0.204. The molecule has 0 saturated carbocycles. The van der Waals surface area contributed by atoms with Gasteiger partial charge in [0.2, 0.25) is 17.8 Å². The van der Waals surface area contributed by atoms with Crippen LogP contribution in [0.25, 0.3) is 0 Å². The largest absolute Gasteiger partial charge is 0.393 e. The first kappa shape index (κ1) is 65.0. The third-order valence-corrected chi connectivity index (χ3v) is 2.49. The number of halogens is 18. The van der Waals surface area contributed by atoms with Crippen molar-refractivity contribution in [2.75, 3.05) is 0 Å². The topological polar surface area (TPSA) is 0 Å². The Bertz CT molecular complexity index is 540. The molecule has 0 aliphatic heterocycles. The van der Waals surface area contributed by atoms with E-state index in [4.69, 9.17) is 58.0 Å². The zero-order valence-corrected chi connectivity index (χ0v) is 33.4. The molecule has 0 aromatic heterocycles. The summed E-state index contributed by atoms with van der Waals surface area (Å²) in [6.07, 6.45) is -8.12. The van der Waals surface area contributed by atoms with Gasteiger partial charge in [-0.25, -0.2) is 30.7 Å². The standard InChI is InChI=1S/C5H9F3.C5H10F2.C4H8F2.C4H9F.C3H6Cl2.C3H6F2.C2H3Cl3.C2H3F3/c1-4(2,3)5(6,7)8;1-4(2)5(3,6)7;1-3-4(2,5)6;1-4(2,3)5;2*1-3(2,4)5;2*1-2(3,4)5/h1-3H3;4H,1-3H3;3H2,1-2H3;1-3H3;2*1-2H3;2*1H3. The predicted molar refractivity (Wildman–Crippen MR) is 173 cm³/mol. The number of rotatable bonds is 2. The molecule has 0 aromatic carbocycles. The fraction of sp³-hybridized carbons (Fsp3) is 1.00. The van der Waals surface area contributed by atoms with Crippen LogP contribution < -0.4 is 0 Å². The summed E-state index contributed by atoms with van der Waals surface area (Å²) in [4.78, 5) is 0. The molecule has 18 heteroatoms. The third-order valence-electron chi connectivity index (χ3n) is 2.49. The quantitative estimate of drug-likeness (QED) is 0.192. The van der Waals surface area contributed by atoms with E-state index in [0.717, 1.165) is 48.5 Å². The molecule has 0 aromatic rings. The second kappa shape index (κ2) is 26.4. The summed E-state index contributed by atoms with van der Waals surface area (Å²) in [5.74, 6) is -7.99. The van der Waals surface area contributed by atoms with Crippen molar-refractivity contribution in [2.24, 2.45) is 11.3 Å². The van der Waals surface area contributed by atoms with Gasteiger partial charge in [-0.15, -0.1) is 23.2 Å². The Morgan fingerprint density at radius 1 is 0.478 bits per heavy atom. The van der Waals surface area contributed by atoms with Crippen LogP contribution in [0.3, 0.4) is 0 Å². The lowest BCUT2D eigenvalue weighted by Gasteiger charge is -2.21. The van der Waals surface area contributed by atoms with E-state index in [9.17, 15) is 57.1 Å². The minimum atomic E-state index is -4.06. The molecule has 0 atom stereocenters. The van der Waals surface area contributed by atoms with Gasteiger partial charge >= 0.3 is 12.4 Å². The van der Waals surface area contributed by atoms with Crippen molar-refractivity contribution in [1.82, 2.24) is 0 Å². The van der Waals surface area contributed by atoms with Gasteiger partial charge in [-0.3, -0.25) is 0 Å². The molecule has 292 valence electrons. The zero-order valence-electron chi connectivity index (χ0n) is 29.6. The van der Waals surface area contributed by atoms with Crippen LogP contribution >= 0.6 is 58.0 Å². The van der Waals surface area contributed by atoms with Crippen LogP contribution in [-0.4, -0.2) is 43.9 Å². The van der Waals surface area contributed by atoms with Crippen molar-refractivity contribution in [1.29, 1.82) is 0 Å². The molecular weight excluding hydrogens is 761 g/mol. The highest BCUT2D eigenvalue weighted by Gasteiger charge is 2.42. The zero-order chi connectivity index (χ0) is 40.8. The highest BCUT2D eigenvalue weighted by Crippen LogP contribution is 2.36. The average molecular weight is 815 g/mol. The maximum Gasteiger partial charge on any atom is 0.393 e. The minimum absolute atomic E-state index is 0.0625. The Morgan fingerprint density at radius 2 is 0.543 bits per heavy atom. The van der Waals surface area contributed by atoms with Gasteiger partial charge < -0.3 is 0 Å². The SMILES string of the molecule is CC(C)(C)C(F)(F)F.CC(C)(C)F.CC(C)(Cl)Cl.CC(C)(F)F.CC(C)C(C)(F)F.CC(Cl)(Cl)Cl.CC(F)(F)F.CCC(C)(F)F. The number of hydrogen-bond acceptors (Lipinski definition) is 0. The molecule has 0 amide bonds. The van der Waals surface area contributed by atoms with E-state index in [0.29, 0.717) is 0 Å². The van der Waals surface area contributed by atoms with Gasteiger partial charge in [0, 0.05) is 19.3 Å². The summed E-state index contributed by atoms with van der Waals surface area (Å²) in [6, 6.07) is 0. The van der Waals surface area contributed by atoms with Crippen LogP contribution in [0, 0.1) is 11.3 Å². The Balaban J connectivity index is -0.0000000602. The number of alkyl halides is 18. The summed E-state index contributed by atoms with van der Waals surface area (Å²) in [6.45, 7) is 21.1. The maximum absolute atomic E-state index is 11.8. The minimum Gasteiger partial charge on any atom is -0.245 e. The van der Waals surface area contributed by atoms with Gasteiger partial charge in [0.15, 0.2) is 3.79 Å². The molecule has 0 heterocycles. The van der Waals surface area contributed by atoms with Crippen molar-refractivity contribution in [2.45, 2.75) is 168 Å². The van der Waals surface area contributed by atoms with E-state index in [1.807, 2.05) is 0 Å². The summed E-state index contributed by atoms with van der Waals surface area (Å²) in [7, 11) is 0. The van der Waals surface area contributed by atoms with Crippen molar-refractivity contribution >= 4 is 58.0 Å². The third kappa shape index (κ3) is 246. The van der Waals surface area contributed by atoms with Gasteiger partial charge in [0.25, 0.3) is 0 Å². The summed E-state index contributed by atoms with van der Waals surface area (Å²) in [5, 5.41) is 0. The van der Waals surface area contributed by atoms with Crippen LogP contribution in [-0.2, 0) is 0 Å². The molecule has 46 heavy (non-hydrogen) atoms. The highest BCUT2D eigenvalue weighted by atomic mass is 35.6. The second-order valence-electron chi connectivity index (χ2n) is 12.6. The molecule has 0 aliphatic carbocycles. The molecular formula is C28H54Cl5F13. The van der Waals surface area contributed by atoms with E-state index in [-0.39, 0.29) is 13.3 Å². The fourth-order valence-electron chi connectivity index (χ4n) is 0. The van der Waals surface area contributed by atoms with Crippen LogP contribution in [0.2, 0.25) is 0 Å². The Labute approximate surface area is 293 Å². The maximum atomic E-state index is 11.8. The first-order chi connectivity index (χ1) is 18.8. The Kier molecular flexibility index (Phi) is 37.2. The van der Waals surface area contributed by atoms with Crippen molar-refractivity contribution in [3.63, 3.8) is 0 Å². The van der Waals surface area contributed by atoms with E-state index in [2.05, 4.69) is 0 Å². The molecule has 0 bridgehead atoms. The summed E-state index contributed by atoms with van der Waals surface area (Å²) >= 11 is 25.8. The monoisotopic (exact) mass is 812 g/mol. The van der Waals surface area contributed by atoms with E-state index in [1.165, 1.54) is 48.5 Å². The first-order valence-electron chi connectivity index (χ1n) is 13.2. The van der Waals surface area contributed by atoms with Crippen LogP contribution in [0.4, 0.5) is 57.1 Å². The number of hydrogen-bond donors (Lipinski definition) is 0. The molecule has 0 N–H and O–H groups in total. The van der Waals surface area contributed by atoms with E-state index in [1.54, 1.807) is 13.8 Å². The Hall–Kier alpha value is 0.540. The summed E-state index contributed by atoms with van der Waals surface area (Å²) in [5.41, 5.74) is -2.56. The van der Waals surface area contributed by atoms with Crippen LogP contribution in [0.15, 0.2) is 0 Å². The lowest BCUT2D eigenvalue weighted by atomic mass is 9.96. The summed E-state index contributed by atoms with van der Waals surface area (Å²) < 4.78 is 144. The molecule has 0 rings (SSSR count). The normalized spacial score (nSPS) is 12.5. The lowest BCUT2D eigenvalue weighted by Crippen LogP contribution is -2.28. The Morgan fingerprint density at radius 3 is 0.543 bits per heavy atom. The van der Waals surface area contributed by atoms with Crippen molar-refractivity contribution in [3.8, 4) is 0 Å². The molecule has 0 aliphatic rings. The van der Waals surface area contributed by atoms with Crippen LogP contribution in [0.5, 0.6) is 0 Å². The average Bonchev–Trinajstić information content (AvgIpc) is 2.51. The molecule has 0 nitrogen and oxygen atoms in total. The molecule has 0 fully saturated rings. The smallest absolute Gasteiger partial charge is 0.245 e. The van der Waals surface area contributed by atoms with Gasteiger partial charge in [-0.2, -0.15) is 26.3 Å². The molecule has 0 radical (unpaired) electrons. The van der Waals surface area contributed by atoms with Crippen LogP contribution in [0.1, 0.15) is 124 Å². The first-order valence-corrected chi connectivity index (χ1v) is 15.0. The van der Waals surface area contributed by atoms with Gasteiger partial charge in [-0.1, -0.05) is 76.3 Å².